The third-order valence-corrected chi connectivity index (χ3v) is 6.03. The summed E-state index contributed by atoms with van der Waals surface area (Å²) in [5.74, 6) is -0.623. The zero-order valence-corrected chi connectivity index (χ0v) is 17.5. The molecule has 0 spiro atoms. The molecule has 2 N–H and O–H groups in total. The Labute approximate surface area is 174 Å². The minimum absolute atomic E-state index is 0.0452. The second-order valence-corrected chi connectivity index (χ2v) is 8.35. The van der Waals surface area contributed by atoms with Crippen molar-refractivity contribution < 1.29 is 22.3 Å². The lowest BCUT2D eigenvalue weighted by Crippen LogP contribution is -2.17. The zero-order valence-electron chi connectivity index (χ0n) is 16.7. The maximum atomic E-state index is 13.7. The Morgan fingerprint density at radius 1 is 0.967 bits per heavy atom. The SMILES string of the molecule is COc1ccccc1NS(=O)(=O)c1cc(C(=O)Nc2ccc(C)c(F)c2)ccc1C. The van der Waals surface area contributed by atoms with Crippen LogP contribution in [0.3, 0.4) is 0 Å². The van der Waals surface area contributed by atoms with Crippen LogP contribution in [0.1, 0.15) is 21.5 Å². The van der Waals surface area contributed by atoms with Gasteiger partial charge in [-0.25, -0.2) is 12.8 Å². The van der Waals surface area contributed by atoms with E-state index in [0.717, 1.165) is 0 Å². The lowest BCUT2D eigenvalue weighted by atomic mass is 10.1. The fourth-order valence-electron chi connectivity index (χ4n) is 2.83. The molecule has 3 rings (SSSR count). The first-order valence-electron chi connectivity index (χ1n) is 9.05. The van der Waals surface area contributed by atoms with Gasteiger partial charge in [0.1, 0.15) is 11.6 Å². The van der Waals surface area contributed by atoms with Gasteiger partial charge in [-0.2, -0.15) is 0 Å². The quantitative estimate of drug-likeness (QED) is 0.605. The Balaban J connectivity index is 1.90. The van der Waals surface area contributed by atoms with Crippen LogP contribution < -0.4 is 14.8 Å². The van der Waals surface area contributed by atoms with Crippen molar-refractivity contribution in [3.05, 3.63) is 83.2 Å². The molecule has 3 aromatic rings. The molecule has 0 aliphatic carbocycles. The summed E-state index contributed by atoms with van der Waals surface area (Å²) in [6, 6.07) is 15.3. The standard InChI is InChI=1S/C22H21FN2O4S/c1-14-9-11-17(13-18(14)23)24-22(26)16-10-8-15(2)21(12-16)30(27,28)25-19-6-4-5-7-20(19)29-3/h4-13,25H,1-3H3,(H,24,26). The highest BCUT2D eigenvalue weighted by Gasteiger charge is 2.21. The number of ether oxygens (including phenoxy) is 1. The molecular weight excluding hydrogens is 407 g/mol. The van der Waals surface area contributed by atoms with E-state index in [1.807, 2.05) is 0 Å². The van der Waals surface area contributed by atoms with Crippen molar-refractivity contribution in [3.63, 3.8) is 0 Å². The van der Waals surface area contributed by atoms with E-state index in [2.05, 4.69) is 10.0 Å². The number of rotatable bonds is 6. The molecule has 8 heteroatoms. The average Bonchev–Trinajstić information content (AvgIpc) is 2.71. The molecule has 1 amide bonds. The maximum absolute atomic E-state index is 13.7. The Morgan fingerprint density at radius 3 is 2.37 bits per heavy atom. The van der Waals surface area contributed by atoms with Crippen molar-refractivity contribution in [1.82, 2.24) is 0 Å². The van der Waals surface area contributed by atoms with Crippen LogP contribution in [0.5, 0.6) is 5.75 Å². The van der Waals surface area contributed by atoms with Gasteiger partial charge >= 0.3 is 0 Å². The molecule has 0 aliphatic rings. The Morgan fingerprint density at radius 2 is 1.67 bits per heavy atom. The molecule has 0 atom stereocenters. The van der Waals surface area contributed by atoms with Gasteiger partial charge in [0.05, 0.1) is 17.7 Å². The molecule has 0 aliphatic heterocycles. The lowest BCUT2D eigenvalue weighted by Gasteiger charge is -2.14. The van der Waals surface area contributed by atoms with Gasteiger partial charge < -0.3 is 10.1 Å². The van der Waals surface area contributed by atoms with Gasteiger partial charge in [-0.1, -0.05) is 24.3 Å². The molecule has 0 radical (unpaired) electrons. The second-order valence-electron chi connectivity index (χ2n) is 6.70. The van der Waals surface area contributed by atoms with Crippen LogP contribution in [0.15, 0.2) is 65.6 Å². The number of nitrogens with one attached hydrogen (secondary N) is 2. The van der Waals surface area contributed by atoms with Gasteiger partial charge in [-0.3, -0.25) is 9.52 Å². The van der Waals surface area contributed by atoms with Gasteiger partial charge in [0.15, 0.2) is 0 Å². The molecule has 0 fully saturated rings. The summed E-state index contributed by atoms with van der Waals surface area (Å²) in [7, 11) is -2.55. The minimum atomic E-state index is -3.99. The first kappa shape index (κ1) is 21.3. The fraction of sp³-hybridized carbons (Fsp3) is 0.136. The highest BCUT2D eigenvalue weighted by atomic mass is 32.2. The van der Waals surface area contributed by atoms with E-state index in [0.29, 0.717) is 16.9 Å². The molecule has 6 nitrogen and oxygen atoms in total. The molecule has 0 bridgehead atoms. The van der Waals surface area contributed by atoms with Crippen molar-refractivity contribution in [2.75, 3.05) is 17.1 Å². The summed E-state index contributed by atoms with van der Waals surface area (Å²) in [6.45, 7) is 3.25. The normalized spacial score (nSPS) is 11.1. The Bertz CT molecular complexity index is 1210. The third kappa shape index (κ3) is 4.60. The fourth-order valence-corrected chi connectivity index (χ4v) is 4.18. The summed E-state index contributed by atoms with van der Waals surface area (Å²) >= 11 is 0. The topological polar surface area (TPSA) is 84.5 Å². The van der Waals surface area contributed by atoms with Crippen LogP contribution >= 0.6 is 0 Å². The maximum Gasteiger partial charge on any atom is 0.262 e. The molecule has 156 valence electrons. The second kappa shape index (κ2) is 8.54. The van der Waals surface area contributed by atoms with E-state index < -0.39 is 21.7 Å². The van der Waals surface area contributed by atoms with E-state index in [1.54, 1.807) is 56.3 Å². The first-order valence-corrected chi connectivity index (χ1v) is 10.5. The van der Waals surface area contributed by atoms with Crippen LogP contribution in [0.4, 0.5) is 15.8 Å². The smallest absolute Gasteiger partial charge is 0.262 e. The number of halogens is 1. The largest absolute Gasteiger partial charge is 0.495 e. The molecule has 0 saturated carbocycles. The molecule has 0 heterocycles. The van der Waals surface area contributed by atoms with Gasteiger partial charge in [-0.05, 0) is 61.4 Å². The van der Waals surface area contributed by atoms with E-state index in [-0.39, 0.29) is 21.8 Å². The predicted molar refractivity (Wildman–Crippen MR) is 114 cm³/mol. The summed E-state index contributed by atoms with van der Waals surface area (Å²) in [4.78, 5) is 12.5. The van der Waals surface area contributed by atoms with Crippen molar-refractivity contribution in [3.8, 4) is 5.75 Å². The number of amides is 1. The summed E-state index contributed by atoms with van der Waals surface area (Å²) in [5.41, 5.74) is 1.61. The molecule has 3 aromatic carbocycles. The summed E-state index contributed by atoms with van der Waals surface area (Å²) in [6.07, 6.45) is 0. The molecule has 30 heavy (non-hydrogen) atoms. The summed E-state index contributed by atoms with van der Waals surface area (Å²) in [5, 5.41) is 2.58. The summed E-state index contributed by atoms with van der Waals surface area (Å²) < 4.78 is 47.3. The van der Waals surface area contributed by atoms with Crippen molar-refractivity contribution in [1.29, 1.82) is 0 Å². The molecule has 0 saturated heterocycles. The van der Waals surface area contributed by atoms with Gasteiger partial charge in [-0.15, -0.1) is 0 Å². The van der Waals surface area contributed by atoms with Crippen LogP contribution in [-0.2, 0) is 10.0 Å². The van der Waals surface area contributed by atoms with Crippen molar-refractivity contribution >= 4 is 27.3 Å². The first-order chi connectivity index (χ1) is 14.2. The van der Waals surface area contributed by atoms with Gasteiger partial charge in [0.2, 0.25) is 0 Å². The van der Waals surface area contributed by atoms with Crippen LogP contribution in [0.25, 0.3) is 0 Å². The number of carbonyl (C=O) groups excluding carboxylic acids is 1. The van der Waals surface area contributed by atoms with Crippen LogP contribution in [0.2, 0.25) is 0 Å². The number of hydrogen-bond donors (Lipinski definition) is 2. The number of sulfonamides is 1. The monoisotopic (exact) mass is 428 g/mol. The lowest BCUT2D eigenvalue weighted by molar-refractivity contribution is 0.102. The number of anilines is 2. The molecular formula is C22H21FN2O4S. The number of para-hydroxylation sites is 2. The number of aryl methyl sites for hydroxylation is 2. The predicted octanol–water partition coefficient (Wildman–Crippen LogP) is 4.50. The van der Waals surface area contributed by atoms with E-state index in [1.165, 1.54) is 25.3 Å². The third-order valence-electron chi connectivity index (χ3n) is 4.52. The van der Waals surface area contributed by atoms with E-state index >= 15 is 0 Å². The number of hydrogen-bond acceptors (Lipinski definition) is 4. The number of methoxy groups -OCH3 is 1. The van der Waals surface area contributed by atoms with Crippen LogP contribution in [0, 0.1) is 19.7 Å². The highest BCUT2D eigenvalue weighted by molar-refractivity contribution is 7.92. The number of carbonyl (C=O) groups is 1. The highest BCUT2D eigenvalue weighted by Crippen LogP contribution is 2.27. The zero-order chi connectivity index (χ0) is 21.9. The van der Waals surface area contributed by atoms with E-state index in [4.69, 9.17) is 4.74 Å². The molecule has 0 aromatic heterocycles. The van der Waals surface area contributed by atoms with E-state index in [9.17, 15) is 17.6 Å². The van der Waals surface area contributed by atoms with Gasteiger partial charge in [0, 0.05) is 11.3 Å². The average molecular weight is 428 g/mol. The Hall–Kier alpha value is -3.39. The van der Waals surface area contributed by atoms with Gasteiger partial charge in [0.25, 0.3) is 15.9 Å². The Kier molecular flexibility index (Phi) is 6.07. The number of benzene rings is 3. The molecule has 0 unspecified atom stereocenters. The van der Waals surface area contributed by atoms with Crippen molar-refractivity contribution in [2.45, 2.75) is 18.7 Å². The van der Waals surface area contributed by atoms with Crippen LogP contribution in [-0.4, -0.2) is 21.4 Å². The van der Waals surface area contributed by atoms with Crippen molar-refractivity contribution in [2.24, 2.45) is 0 Å². The minimum Gasteiger partial charge on any atom is -0.495 e.